The molecule has 2 heterocycles. The predicted octanol–water partition coefficient (Wildman–Crippen LogP) is 2.56. The summed E-state index contributed by atoms with van der Waals surface area (Å²) >= 11 is 1.67. The Kier molecular flexibility index (Phi) is 3.40. The first-order valence-corrected chi connectivity index (χ1v) is 7.22. The fraction of sp³-hybridized carbons (Fsp3) is 0.357. The summed E-state index contributed by atoms with van der Waals surface area (Å²) in [6.45, 7) is 4.35. The molecule has 0 saturated heterocycles. The number of hydrogen-bond donors (Lipinski definition) is 1. The van der Waals surface area contributed by atoms with Crippen LogP contribution in [-0.4, -0.2) is 18.1 Å². The van der Waals surface area contributed by atoms with Gasteiger partial charge in [-0.3, -0.25) is 0 Å². The summed E-state index contributed by atoms with van der Waals surface area (Å²) in [7, 11) is 0. The molecule has 19 heavy (non-hydrogen) atoms. The zero-order chi connectivity index (χ0) is 13.2. The first-order valence-electron chi connectivity index (χ1n) is 6.41. The fourth-order valence-corrected chi connectivity index (χ4v) is 3.02. The highest BCUT2D eigenvalue weighted by molar-refractivity contribution is 7.15. The number of hydrogen-bond acceptors (Lipinski definition) is 5. The maximum Gasteiger partial charge on any atom is 0.185 e. The van der Waals surface area contributed by atoms with Crippen LogP contribution in [0.2, 0.25) is 0 Å². The summed E-state index contributed by atoms with van der Waals surface area (Å²) in [6, 6.07) is 8.22. The molecule has 0 spiro atoms. The van der Waals surface area contributed by atoms with Gasteiger partial charge in [0.05, 0.1) is 6.54 Å². The van der Waals surface area contributed by atoms with Crippen molar-refractivity contribution in [1.82, 2.24) is 4.98 Å². The molecule has 1 aliphatic heterocycles. The molecule has 0 bridgehead atoms. The van der Waals surface area contributed by atoms with Gasteiger partial charge in [-0.25, -0.2) is 4.98 Å². The quantitative estimate of drug-likeness (QED) is 0.915. The number of aromatic nitrogens is 1. The molecule has 100 valence electrons. The van der Waals surface area contributed by atoms with E-state index >= 15 is 0 Å². The monoisotopic (exact) mass is 275 g/mol. The van der Waals surface area contributed by atoms with Crippen molar-refractivity contribution >= 4 is 16.5 Å². The number of ether oxygens (including phenoxy) is 1. The van der Waals surface area contributed by atoms with Crippen LogP contribution in [0.3, 0.4) is 0 Å². The maximum absolute atomic E-state index is 5.89. The van der Waals surface area contributed by atoms with E-state index in [0.29, 0.717) is 6.61 Å². The molecule has 0 fully saturated rings. The molecule has 1 unspecified atom stereocenters. The largest absolute Gasteiger partial charge is 0.491 e. The van der Waals surface area contributed by atoms with E-state index in [4.69, 9.17) is 10.5 Å². The van der Waals surface area contributed by atoms with Crippen molar-refractivity contribution in [2.45, 2.75) is 19.5 Å². The third-order valence-electron chi connectivity index (χ3n) is 3.18. The minimum absolute atomic E-state index is 0.0433. The second kappa shape index (κ2) is 5.19. The Morgan fingerprint density at radius 2 is 2.26 bits per heavy atom. The average Bonchev–Trinajstić information content (AvgIpc) is 2.80. The zero-order valence-electron chi connectivity index (χ0n) is 10.9. The first kappa shape index (κ1) is 12.4. The number of rotatable bonds is 2. The van der Waals surface area contributed by atoms with Crippen LogP contribution < -0.4 is 15.4 Å². The molecule has 1 aromatic carbocycles. The summed E-state index contributed by atoms with van der Waals surface area (Å²) < 4.78 is 5.76. The second-order valence-electron chi connectivity index (χ2n) is 4.71. The van der Waals surface area contributed by atoms with Crippen LogP contribution in [0.15, 0.2) is 30.5 Å². The van der Waals surface area contributed by atoms with E-state index in [1.54, 1.807) is 11.3 Å². The van der Waals surface area contributed by atoms with Crippen LogP contribution in [0.1, 0.15) is 23.4 Å². The third kappa shape index (κ3) is 2.57. The molecule has 2 aromatic rings. The summed E-state index contributed by atoms with van der Waals surface area (Å²) in [6.07, 6.45) is 1.88. The van der Waals surface area contributed by atoms with Gasteiger partial charge in [-0.05, 0) is 13.0 Å². The topological polar surface area (TPSA) is 51.4 Å². The van der Waals surface area contributed by atoms with Crippen LogP contribution in [0.4, 0.5) is 5.13 Å². The lowest BCUT2D eigenvalue weighted by Crippen LogP contribution is -2.24. The summed E-state index contributed by atoms with van der Waals surface area (Å²) in [5, 5.41) is 1.02. The SMILES string of the molecule is CC(N)c1cnc(N2CCOc3ccccc3C2)s1. The van der Waals surface area contributed by atoms with Crippen molar-refractivity contribution in [3.63, 3.8) is 0 Å². The van der Waals surface area contributed by atoms with Gasteiger partial charge >= 0.3 is 0 Å². The van der Waals surface area contributed by atoms with Crippen LogP contribution in [0, 0.1) is 0 Å². The van der Waals surface area contributed by atoms with Crippen molar-refractivity contribution in [3.05, 3.63) is 40.9 Å². The van der Waals surface area contributed by atoms with E-state index < -0.39 is 0 Å². The third-order valence-corrected chi connectivity index (χ3v) is 4.44. The molecule has 5 heteroatoms. The Balaban J connectivity index is 1.85. The molecular weight excluding hydrogens is 258 g/mol. The van der Waals surface area contributed by atoms with Crippen molar-refractivity contribution < 1.29 is 4.74 Å². The van der Waals surface area contributed by atoms with Gasteiger partial charge in [-0.15, -0.1) is 11.3 Å². The lowest BCUT2D eigenvalue weighted by molar-refractivity contribution is 0.331. The van der Waals surface area contributed by atoms with Gasteiger partial charge in [0, 0.05) is 29.2 Å². The Morgan fingerprint density at radius 1 is 1.42 bits per heavy atom. The number of thiazole rings is 1. The van der Waals surface area contributed by atoms with Gasteiger partial charge in [0.2, 0.25) is 0 Å². The number of nitrogens with zero attached hydrogens (tertiary/aromatic N) is 2. The molecule has 0 amide bonds. The van der Waals surface area contributed by atoms with E-state index in [1.165, 1.54) is 5.56 Å². The summed E-state index contributed by atoms with van der Waals surface area (Å²) in [4.78, 5) is 7.86. The Morgan fingerprint density at radius 3 is 3.05 bits per heavy atom. The van der Waals surface area contributed by atoms with E-state index in [2.05, 4.69) is 16.0 Å². The van der Waals surface area contributed by atoms with Gasteiger partial charge in [-0.1, -0.05) is 18.2 Å². The fourth-order valence-electron chi connectivity index (χ4n) is 2.12. The number of anilines is 1. The van der Waals surface area contributed by atoms with Crippen molar-refractivity contribution in [2.24, 2.45) is 5.73 Å². The summed E-state index contributed by atoms with van der Waals surface area (Å²) in [5.41, 5.74) is 7.10. The Bertz CT molecular complexity index is 567. The highest BCUT2D eigenvalue weighted by atomic mass is 32.1. The zero-order valence-corrected chi connectivity index (χ0v) is 11.7. The molecule has 0 saturated carbocycles. The smallest absolute Gasteiger partial charge is 0.185 e. The van der Waals surface area contributed by atoms with Crippen LogP contribution >= 0.6 is 11.3 Å². The lowest BCUT2D eigenvalue weighted by atomic mass is 10.2. The van der Waals surface area contributed by atoms with Crippen LogP contribution in [0.25, 0.3) is 0 Å². The average molecular weight is 275 g/mol. The number of nitrogens with two attached hydrogens (primary N) is 1. The standard InChI is InChI=1S/C14H17N3OS/c1-10(15)13-8-16-14(19-13)17-6-7-18-12-5-3-2-4-11(12)9-17/h2-5,8,10H,6-7,9,15H2,1H3. The number of para-hydroxylation sites is 1. The molecule has 0 aliphatic carbocycles. The van der Waals surface area contributed by atoms with Crippen molar-refractivity contribution in [2.75, 3.05) is 18.1 Å². The molecule has 1 aromatic heterocycles. The molecule has 4 nitrogen and oxygen atoms in total. The molecular formula is C14H17N3OS. The van der Waals surface area contributed by atoms with E-state index in [9.17, 15) is 0 Å². The first-order chi connectivity index (χ1) is 9.24. The van der Waals surface area contributed by atoms with E-state index in [1.807, 2.05) is 31.3 Å². The second-order valence-corrected chi connectivity index (χ2v) is 5.75. The Labute approximate surface area is 116 Å². The highest BCUT2D eigenvalue weighted by Crippen LogP contribution is 2.30. The molecule has 1 atom stereocenters. The molecule has 0 radical (unpaired) electrons. The molecule has 3 rings (SSSR count). The van der Waals surface area contributed by atoms with Gasteiger partial charge in [0.15, 0.2) is 5.13 Å². The van der Waals surface area contributed by atoms with E-state index in [0.717, 1.165) is 28.8 Å². The molecule has 1 aliphatic rings. The maximum atomic E-state index is 5.89. The number of benzene rings is 1. The minimum atomic E-state index is 0.0433. The van der Waals surface area contributed by atoms with Gasteiger partial charge in [0.1, 0.15) is 12.4 Å². The van der Waals surface area contributed by atoms with Gasteiger partial charge in [-0.2, -0.15) is 0 Å². The normalized spacial score (nSPS) is 16.4. The van der Waals surface area contributed by atoms with Crippen LogP contribution in [-0.2, 0) is 6.54 Å². The highest BCUT2D eigenvalue weighted by Gasteiger charge is 2.18. The van der Waals surface area contributed by atoms with Crippen LogP contribution in [0.5, 0.6) is 5.75 Å². The lowest BCUT2D eigenvalue weighted by Gasteiger charge is -2.18. The Hall–Kier alpha value is -1.59. The molecule has 2 N–H and O–H groups in total. The number of fused-ring (bicyclic) bond motifs is 1. The predicted molar refractivity (Wildman–Crippen MR) is 77.7 cm³/mol. The summed E-state index contributed by atoms with van der Waals surface area (Å²) in [5.74, 6) is 0.981. The van der Waals surface area contributed by atoms with Crippen molar-refractivity contribution in [3.8, 4) is 5.75 Å². The van der Waals surface area contributed by atoms with Crippen molar-refractivity contribution in [1.29, 1.82) is 0 Å². The minimum Gasteiger partial charge on any atom is -0.491 e. The van der Waals surface area contributed by atoms with Gasteiger partial charge < -0.3 is 15.4 Å². The van der Waals surface area contributed by atoms with E-state index in [-0.39, 0.29) is 6.04 Å². The van der Waals surface area contributed by atoms with Gasteiger partial charge in [0.25, 0.3) is 0 Å².